The summed E-state index contributed by atoms with van der Waals surface area (Å²) in [5.74, 6) is 1.25. The highest BCUT2D eigenvalue weighted by Crippen LogP contribution is 2.51. The Morgan fingerprint density at radius 3 is 1.02 bits per heavy atom. The molecule has 5 heteroatoms. The van der Waals surface area contributed by atoms with Crippen molar-refractivity contribution in [1.29, 1.82) is 0 Å². The van der Waals surface area contributed by atoms with Gasteiger partial charge in [0.05, 0.1) is 22.8 Å². The minimum atomic E-state index is -1.74. The minimum absolute atomic E-state index is 0.617. The molecular weight excluding hydrogens is 628 g/mol. The molecule has 4 nitrogen and oxygen atoms in total. The second-order valence-corrected chi connectivity index (χ2v) is 12.9. The highest BCUT2D eigenvalue weighted by atomic mass is 19.1. The SMILES string of the molecule is CC1(F)c2cc(-c3cc(-c4ccccc4)nc(-c4ccccc4)n3)ccc2-c2ccc(-c3cc(-c4ccccc4)nc(-c4ccccc4)n3)cc21. The summed E-state index contributed by atoms with van der Waals surface area (Å²) in [4.78, 5) is 19.8. The first-order chi connectivity index (χ1) is 25.0. The number of rotatable bonds is 6. The van der Waals surface area contributed by atoms with E-state index in [4.69, 9.17) is 19.9 Å². The van der Waals surface area contributed by atoms with E-state index < -0.39 is 5.67 Å². The van der Waals surface area contributed by atoms with Crippen molar-refractivity contribution in [2.75, 3.05) is 0 Å². The summed E-state index contributed by atoms with van der Waals surface area (Å²) < 4.78 is 17.3. The lowest BCUT2D eigenvalue weighted by Crippen LogP contribution is -2.13. The van der Waals surface area contributed by atoms with Crippen LogP contribution in [0.15, 0.2) is 170 Å². The van der Waals surface area contributed by atoms with E-state index in [1.165, 1.54) is 0 Å². The van der Waals surface area contributed by atoms with E-state index in [0.717, 1.165) is 67.3 Å². The third kappa shape index (κ3) is 5.59. The van der Waals surface area contributed by atoms with Gasteiger partial charge in [0.2, 0.25) is 0 Å². The van der Waals surface area contributed by atoms with E-state index >= 15 is 4.39 Å². The van der Waals surface area contributed by atoms with Gasteiger partial charge < -0.3 is 0 Å². The molecule has 8 aromatic rings. The molecule has 6 aromatic carbocycles. The van der Waals surface area contributed by atoms with E-state index in [0.29, 0.717) is 22.8 Å². The fraction of sp³-hybridized carbons (Fsp3) is 0.0435. The molecule has 0 N–H and O–H groups in total. The average molecular weight is 659 g/mol. The molecule has 2 aromatic heterocycles. The Kier molecular flexibility index (Phi) is 7.40. The van der Waals surface area contributed by atoms with Crippen LogP contribution in [0.2, 0.25) is 0 Å². The van der Waals surface area contributed by atoms with Gasteiger partial charge in [0.25, 0.3) is 0 Å². The minimum Gasteiger partial charge on any atom is -0.234 e. The lowest BCUT2D eigenvalue weighted by Gasteiger charge is -2.18. The smallest absolute Gasteiger partial charge is 0.160 e. The maximum absolute atomic E-state index is 17.3. The molecule has 0 atom stereocenters. The number of nitrogens with zero attached hydrogens (tertiary/aromatic N) is 4. The molecule has 51 heavy (non-hydrogen) atoms. The molecular formula is C46H31FN4. The molecule has 242 valence electrons. The van der Waals surface area contributed by atoms with Gasteiger partial charge in [0, 0.05) is 44.5 Å². The van der Waals surface area contributed by atoms with Crippen LogP contribution in [-0.2, 0) is 5.67 Å². The molecule has 0 saturated heterocycles. The van der Waals surface area contributed by atoms with E-state index in [1.807, 2.05) is 170 Å². The van der Waals surface area contributed by atoms with E-state index in [1.54, 1.807) is 6.92 Å². The molecule has 0 amide bonds. The van der Waals surface area contributed by atoms with Crippen LogP contribution in [0.4, 0.5) is 4.39 Å². The maximum Gasteiger partial charge on any atom is 0.160 e. The van der Waals surface area contributed by atoms with Gasteiger partial charge in [0.15, 0.2) is 17.3 Å². The van der Waals surface area contributed by atoms with Gasteiger partial charge in [-0.2, -0.15) is 0 Å². The predicted molar refractivity (Wildman–Crippen MR) is 203 cm³/mol. The Balaban J connectivity index is 1.14. The van der Waals surface area contributed by atoms with Gasteiger partial charge in [-0.15, -0.1) is 0 Å². The highest BCUT2D eigenvalue weighted by Gasteiger charge is 2.40. The molecule has 1 aliphatic carbocycles. The van der Waals surface area contributed by atoms with Crippen molar-refractivity contribution in [2.45, 2.75) is 12.6 Å². The number of aromatic nitrogens is 4. The summed E-state index contributed by atoms with van der Waals surface area (Å²) in [7, 11) is 0. The molecule has 0 radical (unpaired) electrons. The standard InChI is InChI=1S/C46H31FN4/c1-46(47)38-26-34(42-28-40(30-14-6-2-7-15-30)48-44(50-42)32-18-10-4-11-19-32)22-24-36(38)37-25-23-35(27-39(37)46)43-29-41(31-16-8-3-9-17-31)49-45(51-43)33-20-12-5-13-21-33/h2-29H,1H3. The number of benzene rings is 6. The first kappa shape index (κ1) is 30.5. The van der Waals surface area contributed by atoms with Crippen molar-refractivity contribution in [3.8, 4) is 78.9 Å². The van der Waals surface area contributed by atoms with Gasteiger partial charge in [-0.25, -0.2) is 24.3 Å². The van der Waals surface area contributed by atoms with Crippen LogP contribution in [-0.4, -0.2) is 19.9 Å². The number of hydrogen-bond acceptors (Lipinski definition) is 4. The maximum atomic E-state index is 17.3. The number of alkyl halides is 1. The van der Waals surface area contributed by atoms with Crippen molar-refractivity contribution in [1.82, 2.24) is 19.9 Å². The van der Waals surface area contributed by atoms with Crippen molar-refractivity contribution in [3.05, 3.63) is 181 Å². The summed E-state index contributed by atoms with van der Waals surface area (Å²) in [5.41, 5.74) is 9.83. The van der Waals surface area contributed by atoms with Gasteiger partial charge >= 0.3 is 0 Å². The fourth-order valence-corrected chi connectivity index (χ4v) is 6.94. The fourth-order valence-electron chi connectivity index (χ4n) is 6.94. The Hall–Kier alpha value is -6.59. The third-order valence-electron chi connectivity index (χ3n) is 9.59. The number of fused-ring (bicyclic) bond motifs is 3. The molecule has 2 heterocycles. The molecule has 9 rings (SSSR count). The van der Waals surface area contributed by atoms with Crippen LogP contribution in [0, 0.1) is 0 Å². The normalized spacial score (nSPS) is 12.7. The van der Waals surface area contributed by atoms with Crippen LogP contribution in [0.25, 0.3) is 78.9 Å². The van der Waals surface area contributed by atoms with Crippen LogP contribution < -0.4 is 0 Å². The van der Waals surface area contributed by atoms with Crippen molar-refractivity contribution in [2.24, 2.45) is 0 Å². The Bertz CT molecular complexity index is 2240. The molecule has 0 bridgehead atoms. The van der Waals surface area contributed by atoms with Crippen molar-refractivity contribution < 1.29 is 4.39 Å². The molecule has 1 aliphatic rings. The van der Waals surface area contributed by atoms with Crippen LogP contribution in [0.5, 0.6) is 0 Å². The topological polar surface area (TPSA) is 51.6 Å². The molecule has 0 saturated carbocycles. The zero-order valence-electron chi connectivity index (χ0n) is 27.8. The molecule has 0 spiro atoms. The van der Waals surface area contributed by atoms with Crippen LogP contribution in [0.1, 0.15) is 18.1 Å². The summed E-state index contributed by atoms with van der Waals surface area (Å²) in [6.07, 6.45) is 0. The van der Waals surface area contributed by atoms with E-state index in [-0.39, 0.29) is 0 Å². The number of halogens is 1. The van der Waals surface area contributed by atoms with E-state index in [9.17, 15) is 0 Å². The first-order valence-electron chi connectivity index (χ1n) is 17.0. The largest absolute Gasteiger partial charge is 0.234 e. The van der Waals surface area contributed by atoms with Gasteiger partial charge in [-0.3, -0.25) is 0 Å². The molecule has 0 unspecified atom stereocenters. The zero-order valence-corrected chi connectivity index (χ0v) is 27.8. The first-order valence-corrected chi connectivity index (χ1v) is 17.0. The summed E-state index contributed by atoms with van der Waals surface area (Å²) in [6.45, 7) is 1.65. The molecule has 0 aliphatic heterocycles. The zero-order chi connectivity index (χ0) is 34.4. The van der Waals surface area contributed by atoms with Crippen molar-refractivity contribution in [3.63, 3.8) is 0 Å². The quantitative estimate of drug-likeness (QED) is 0.178. The third-order valence-corrected chi connectivity index (χ3v) is 9.59. The molecule has 0 fully saturated rings. The highest BCUT2D eigenvalue weighted by molar-refractivity contribution is 5.86. The number of hydrogen-bond donors (Lipinski definition) is 0. The lowest BCUT2D eigenvalue weighted by atomic mass is 9.92. The summed E-state index contributed by atoms with van der Waals surface area (Å²) >= 11 is 0. The van der Waals surface area contributed by atoms with Crippen LogP contribution >= 0.6 is 0 Å². The van der Waals surface area contributed by atoms with Gasteiger partial charge in [0.1, 0.15) is 0 Å². The van der Waals surface area contributed by atoms with Crippen molar-refractivity contribution >= 4 is 0 Å². The lowest BCUT2D eigenvalue weighted by molar-refractivity contribution is 0.259. The van der Waals surface area contributed by atoms with Gasteiger partial charge in [-0.1, -0.05) is 146 Å². The Labute approximate surface area is 296 Å². The van der Waals surface area contributed by atoms with Gasteiger partial charge in [-0.05, 0) is 42.3 Å². The summed E-state index contributed by atoms with van der Waals surface area (Å²) in [5, 5.41) is 0. The Morgan fingerprint density at radius 1 is 0.353 bits per heavy atom. The van der Waals surface area contributed by atoms with Crippen LogP contribution in [0.3, 0.4) is 0 Å². The monoisotopic (exact) mass is 658 g/mol. The van der Waals surface area contributed by atoms with E-state index in [2.05, 4.69) is 0 Å². The average Bonchev–Trinajstić information content (AvgIpc) is 3.43. The Morgan fingerprint density at radius 2 is 0.667 bits per heavy atom. The summed E-state index contributed by atoms with van der Waals surface area (Å²) in [6, 6.07) is 56.0. The predicted octanol–water partition coefficient (Wildman–Crippen LogP) is 11.5. The second kappa shape index (κ2) is 12.4. The second-order valence-electron chi connectivity index (χ2n) is 12.9.